The molecule has 0 spiro atoms. The number of aromatic nitrogens is 4. The molecule has 0 unspecified atom stereocenters. The number of carbonyl (C=O) groups excluding carboxylic acids is 1. The lowest BCUT2D eigenvalue weighted by atomic mass is 10.1. The van der Waals surface area contributed by atoms with E-state index in [1.54, 1.807) is 12.3 Å². The van der Waals surface area contributed by atoms with Crippen molar-refractivity contribution in [1.82, 2.24) is 19.6 Å². The summed E-state index contributed by atoms with van der Waals surface area (Å²) in [6, 6.07) is 17.7. The Morgan fingerprint density at radius 2 is 1.91 bits per heavy atom. The van der Waals surface area contributed by atoms with Crippen LogP contribution in [0, 0.1) is 20.8 Å². The van der Waals surface area contributed by atoms with Crippen LogP contribution in [0.2, 0.25) is 0 Å². The van der Waals surface area contributed by atoms with Crippen molar-refractivity contribution in [2.75, 3.05) is 11.9 Å². The smallest absolute Gasteiger partial charge is 0.248 e. The van der Waals surface area contributed by atoms with E-state index in [4.69, 9.17) is 4.74 Å². The van der Waals surface area contributed by atoms with Crippen LogP contribution >= 0.6 is 0 Å². The predicted molar refractivity (Wildman–Crippen MR) is 134 cm³/mol. The molecule has 0 aliphatic carbocycles. The Labute approximate surface area is 199 Å². The Kier molecular flexibility index (Phi) is 7.22. The Bertz CT molecular complexity index is 1270. The van der Waals surface area contributed by atoms with Crippen molar-refractivity contribution in [2.45, 2.75) is 33.9 Å². The van der Waals surface area contributed by atoms with Gasteiger partial charge in [-0.15, -0.1) is 0 Å². The maximum Gasteiger partial charge on any atom is 0.248 e. The van der Waals surface area contributed by atoms with Crippen molar-refractivity contribution in [3.05, 3.63) is 101 Å². The van der Waals surface area contributed by atoms with Crippen LogP contribution in [0.15, 0.2) is 73.1 Å². The fraction of sp³-hybridized carbons (Fsp3) is 0.222. The third kappa shape index (κ3) is 6.01. The second-order valence-corrected chi connectivity index (χ2v) is 8.20. The first kappa shape index (κ1) is 23.0. The van der Waals surface area contributed by atoms with Gasteiger partial charge in [0.25, 0.3) is 0 Å². The van der Waals surface area contributed by atoms with Crippen molar-refractivity contribution in [3.63, 3.8) is 0 Å². The summed E-state index contributed by atoms with van der Waals surface area (Å²) < 4.78 is 9.56. The quantitative estimate of drug-likeness (QED) is 0.369. The molecule has 0 saturated heterocycles. The molecule has 0 saturated carbocycles. The summed E-state index contributed by atoms with van der Waals surface area (Å²) >= 11 is 0. The molecule has 1 amide bonds. The van der Waals surface area contributed by atoms with E-state index in [-0.39, 0.29) is 5.91 Å². The topological polar surface area (TPSA) is 74.0 Å². The van der Waals surface area contributed by atoms with E-state index in [0.717, 1.165) is 17.0 Å². The maximum absolute atomic E-state index is 12.5. The molecular formula is C27H29N5O2. The summed E-state index contributed by atoms with van der Waals surface area (Å²) in [6.07, 6.45) is 6.99. The first-order valence-corrected chi connectivity index (χ1v) is 11.3. The fourth-order valence-electron chi connectivity index (χ4n) is 3.67. The van der Waals surface area contributed by atoms with E-state index in [0.29, 0.717) is 31.1 Å². The molecule has 0 bridgehead atoms. The van der Waals surface area contributed by atoms with Crippen molar-refractivity contribution in [1.29, 1.82) is 0 Å². The zero-order valence-electron chi connectivity index (χ0n) is 19.7. The lowest BCUT2D eigenvalue weighted by molar-refractivity contribution is -0.111. The molecule has 2 heterocycles. The van der Waals surface area contributed by atoms with Gasteiger partial charge in [0.1, 0.15) is 12.4 Å². The first-order valence-electron chi connectivity index (χ1n) is 11.3. The monoisotopic (exact) mass is 455 g/mol. The second-order valence-electron chi connectivity index (χ2n) is 8.20. The van der Waals surface area contributed by atoms with Crippen molar-refractivity contribution in [3.8, 4) is 5.75 Å². The number of hydrogen-bond acceptors (Lipinski definition) is 4. The van der Waals surface area contributed by atoms with Crippen molar-refractivity contribution >= 4 is 17.7 Å². The third-order valence-electron chi connectivity index (χ3n) is 5.54. The van der Waals surface area contributed by atoms with E-state index in [1.807, 2.05) is 65.8 Å². The van der Waals surface area contributed by atoms with Crippen LogP contribution < -0.4 is 10.1 Å². The van der Waals surface area contributed by atoms with Crippen LogP contribution in [0.1, 0.15) is 28.1 Å². The normalized spacial score (nSPS) is 11.1. The average Bonchev–Trinajstić information content (AvgIpc) is 3.42. The highest BCUT2D eigenvalue weighted by Crippen LogP contribution is 2.19. The van der Waals surface area contributed by atoms with Crippen LogP contribution in [-0.2, 0) is 17.9 Å². The molecule has 2 aromatic carbocycles. The zero-order chi connectivity index (χ0) is 23.9. The minimum Gasteiger partial charge on any atom is -0.492 e. The summed E-state index contributed by atoms with van der Waals surface area (Å²) in [7, 11) is 0. The van der Waals surface area contributed by atoms with Crippen LogP contribution in [-0.4, -0.2) is 32.1 Å². The molecule has 0 atom stereocenters. The van der Waals surface area contributed by atoms with Crippen LogP contribution in [0.5, 0.6) is 5.75 Å². The average molecular weight is 456 g/mol. The molecule has 174 valence electrons. The fourth-order valence-corrected chi connectivity index (χ4v) is 3.67. The number of benzene rings is 2. The standard InChI is InChI=1S/C27H29N5O2/c1-20-8-10-23(11-9-20)19-32-22(3)26(21(2)30-32)12-13-27(33)29-24-6-4-7-25(18-24)34-17-16-31-15-5-14-28-31/h4-15,18H,16-17,19H2,1-3H3,(H,29,33). The molecule has 1 N–H and O–H groups in total. The number of hydrogen-bond donors (Lipinski definition) is 1. The van der Waals surface area contributed by atoms with E-state index >= 15 is 0 Å². The molecule has 7 nitrogen and oxygen atoms in total. The predicted octanol–water partition coefficient (Wildman–Crippen LogP) is 4.78. The summed E-state index contributed by atoms with van der Waals surface area (Å²) in [5.41, 5.74) is 5.97. The zero-order valence-corrected chi connectivity index (χ0v) is 19.7. The molecule has 34 heavy (non-hydrogen) atoms. The first-order chi connectivity index (χ1) is 16.5. The molecule has 7 heteroatoms. The van der Waals surface area contributed by atoms with Crippen LogP contribution in [0.4, 0.5) is 5.69 Å². The molecule has 0 radical (unpaired) electrons. The van der Waals surface area contributed by atoms with Gasteiger partial charge < -0.3 is 10.1 Å². The number of carbonyl (C=O) groups is 1. The van der Waals surface area contributed by atoms with Gasteiger partial charge in [-0.2, -0.15) is 10.2 Å². The summed E-state index contributed by atoms with van der Waals surface area (Å²) in [5.74, 6) is 0.483. The van der Waals surface area contributed by atoms with Crippen LogP contribution in [0.3, 0.4) is 0 Å². The number of nitrogens with zero attached hydrogens (tertiary/aromatic N) is 4. The second kappa shape index (κ2) is 10.7. The van der Waals surface area contributed by atoms with Crippen molar-refractivity contribution in [2.24, 2.45) is 0 Å². The van der Waals surface area contributed by atoms with E-state index in [2.05, 4.69) is 46.7 Å². The van der Waals surface area contributed by atoms with Gasteiger partial charge in [-0.3, -0.25) is 14.2 Å². The number of aryl methyl sites for hydroxylation is 2. The molecule has 4 aromatic rings. The Morgan fingerprint density at radius 3 is 2.68 bits per heavy atom. The van der Waals surface area contributed by atoms with E-state index in [9.17, 15) is 4.79 Å². The molecule has 0 aliphatic heterocycles. The van der Waals surface area contributed by atoms with Gasteiger partial charge in [0.15, 0.2) is 0 Å². The lowest BCUT2D eigenvalue weighted by Gasteiger charge is -2.08. The number of rotatable bonds is 9. The van der Waals surface area contributed by atoms with Gasteiger partial charge in [0.2, 0.25) is 5.91 Å². The van der Waals surface area contributed by atoms with Gasteiger partial charge in [-0.25, -0.2) is 0 Å². The third-order valence-corrected chi connectivity index (χ3v) is 5.54. The molecule has 0 fully saturated rings. The van der Waals surface area contributed by atoms with Gasteiger partial charge in [0.05, 0.1) is 18.8 Å². The van der Waals surface area contributed by atoms with E-state index < -0.39 is 0 Å². The van der Waals surface area contributed by atoms with Gasteiger partial charge in [0, 0.05) is 41.5 Å². The number of anilines is 1. The van der Waals surface area contributed by atoms with Gasteiger partial charge in [-0.05, 0) is 50.6 Å². The van der Waals surface area contributed by atoms with Gasteiger partial charge in [-0.1, -0.05) is 35.9 Å². The summed E-state index contributed by atoms with van der Waals surface area (Å²) in [5, 5.41) is 11.7. The van der Waals surface area contributed by atoms with Gasteiger partial charge >= 0.3 is 0 Å². The Morgan fingerprint density at radius 1 is 1.09 bits per heavy atom. The maximum atomic E-state index is 12.5. The summed E-state index contributed by atoms with van der Waals surface area (Å²) in [6.45, 7) is 7.90. The van der Waals surface area contributed by atoms with E-state index in [1.165, 1.54) is 11.1 Å². The minimum absolute atomic E-state index is 0.209. The number of ether oxygens (including phenoxy) is 1. The summed E-state index contributed by atoms with van der Waals surface area (Å²) in [4.78, 5) is 12.5. The van der Waals surface area contributed by atoms with Crippen LogP contribution in [0.25, 0.3) is 6.08 Å². The molecule has 0 aliphatic rings. The highest BCUT2D eigenvalue weighted by molar-refractivity contribution is 6.02. The molecule has 2 aromatic heterocycles. The lowest BCUT2D eigenvalue weighted by Crippen LogP contribution is -2.10. The SMILES string of the molecule is Cc1ccc(Cn2nc(C)c(C=CC(=O)Nc3cccc(OCCn4cccn4)c3)c2C)cc1. The molecule has 4 rings (SSSR count). The largest absolute Gasteiger partial charge is 0.492 e. The van der Waals surface area contributed by atoms with Crippen molar-refractivity contribution < 1.29 is 9.53 Å². The minimum atomic E-state index is -0.209. The highest BCUT2D eigenvalue weighted by Gasteiger charge is 2.10. The number of amides is 1. The molecular weight excluding hydrogens is 426 g/mol. The Hall–Kier alpha value is -4.13. The highest BCUT2D eigenvalue weighted by atomic mass is 16.5. The Balaban J connectivity index is 1.35. The number of nitrogens with one attached hydrogen (secondary N) is 1.